The maximum absolute atomic E-state index is 13.5. The standard InChI is InChI=1S/C11H10BrFN4/c12-6-1-3-9(7(13)5-6)16-10-4-2-8(14)11(15)17-10/h1-5H,14H2,(H3,15,16,17). The molecule has 4 nitrogen and oxygen atoms in total. The Morgan fingerprint density at radius 2 is 1.94 bits per heavy atom. The third kappa shape index (κ3) is 2.65. The van der Waals surface area contributed by atoms with Crippen molar-refractivity contribution in [1.29, 1.82) is 0 Å². The number of pyridine rings is 1. The number of nitrogens with one attached hydrogen (secondary N) is 1. The summed E-state index contributed by atoms with van der Waals surface area (Å²) >= 11 is 3.18. The Kier molecular flexibility index (Phi) is 3.14. The van der Waals surface area contributed by atoms with Gasteiger partial charge in [0.2, 0.25) is 0 Å². The molecule has 1 aromatic heterocycles. The predicted molar refractivity (Wildman–Crippen MR) is 70.4 cm³/mol. The number of rotatable bonds is 2. The first-order valence-corrected chi connectivity index (χ1v) is 5.59. The summed E-state index contributed by atoms with van der Waals surface area (Å²) in [6, 6.07) is 7.94. The van der Waals surface area contributed by atoms with Crippen LogP contribution in [0.3, 0.4) is 0 Å². The second kappa shape index (κ2) is 4.58. The Hall–Kier alpha value is -1.82. The van der Waals surface area contributed by atoms with Crippen molar-refractivity contribution in [3.8, 4) is 0 Å². The average molecular weight is 297 g/mol. The third-order valence-electron chi connectivity index (χ3n) is 2.15. The van der Waals surface area contributed by atoms with Crippen LogP contribution in [0.15, 0.2) is 34.8 Å². The van der Waals surface area contributed by atoms with E-state index in [1.54, 1.807) is 24.3 Å². The van der Waals surface area contributed by atoms with Crippen molar-refractivity contribution in [2.45, 2.75) is 0 Å². The van der Waals surface area contributed by atoms with Crippen molar-refractivity contribution >= 4 is 38.9 Å². The molecule has 0 aliphatic rings. The molecule has 0 saturated heterocycles. The Balaban J connectivity index is 2.28. The van der Waals surface area contributed by atoms with E-state index in [2.05, 4.69) is 26.2 Å². The molecule has 0 atom stereocenters. The van der Waals surface area contributed by atoms with Crippen molar-refractivity contribution < 1.29 is 4.39 Å². The van der Waals surface area contributed by atoms with E-state index in [0.717, 1.165) is 0 Å². The van der Waals surface area contributed by atoms with Gasteiger partial charge < -0.3 is 16.8 Å². The molecular formula is C11H10BrFN4. The first-order chi connectivity index (χ1) is 8.06. The molecule has 17 heavy (non-hydrogen) atoms. The molecule has 2 rings (SSSR count). The molecule has 2 aromatic rings. The van der Waals surface area contributed by atoms with Crippen LogP contribution in [0.5, 0.6) is 0 Å². The first kappa shape index (κ1) is 11.7. The minimum atomic E-state index is -0.378. The molecule has 0 radical (unpaired) electrons. The first-order valence-electron chi connectivity index (χ1n) is 4.80. The third-order valence-corrected chi connectivity index (χ3v) is 2.64. The van der Waals surface area contributed by atoms with Crippen molar-refractivity contribution in [2.75, 3.05) is 16.8 Å². The lowest BCUT2D eigenvalue weighted by molar-refractivity contribution is 0.631. The SMILES string of the molecule is Nc1ccc(Nc2ccc(Br)cc2F)nc1N. The van der Waals surface area contributed by atoms with Gasteiger partial charge >= 0.3 is 0 Å². The molecule has 0 spiro atoms. The highest BCUT2D eigenvalue weighted by molar-refractivity contribution is 9.10. The van der Waals surface area contributed by atoms with E-state index >= 15 is 0 Å². The normalized spacial score (nSPS) is 10.2. The minimum absolute atomic E-state index is 0.215. The molecule has 88 valence electrons. The van der Waals surface area contributed by atoms with Gasteiger partial charge in [-0.1, -0.05) is 15.9 Å². The highest BCUT2D eigenvalue weighted by Gasteiger charge is 2.05. The lowest BCUT2D eigenvalue weighted by atomic mass is 10.3. The summed E-state index contributed by atoms with van der Waals surface area (Å²) in [7, 11) is 0. The number of nitrogen functional groups attached to an aromatic ring is 2. The summed E-state index contributed by atoms with van der Waals surface area (Å²) in [4.78, 5) is 3.99. The number of halogens is 2. The zero-order chi connectivity index (χ0) is 12.4. The van der Waals surface area contributed by atoms with Crippen LogP contribution in [0.4, 0.5) is 27.4 Å². The largest absolute Gasteiger partial charge is 0.396 e. The topological polar surface area (TPSA) is 77.0 Å². The van der Waals surface area contributed by atoms with Crippen LogP contribution in [-0.2, 0) is 0 Å². The zero-order valence-corrected chi connectivity index (χ0v) is 10.3. The van der Waals surface area contributed by atoms with E-state index in [9.17, 15) is 4.39 Å². The second-order valence-corrected chi connectivity index (χ2v) is 4.34. The van der Waals surface area contributed by atoms with Gasteiger partial charge in [-0.15, -0.1) is 0 Å². The molecule has 0 saturated carbocycles. The van der Waals surface area contributed by atoms with E-state index in [0.29, 0.717) is 21.7 Å². The molecule has 0 unspecified atom stereocenters. The quantitative estimate of drug-likeness (QED) is 0.796. The summed E-state index contributed by atoms with van der Waals surface area (Å²) < 4.78 is 14.2. The lowest BCUT2D eigenvalue weighted by Gasteiger charge is -2.08. The van der Waals surface area contributed by atoms with Gasteiger partial charge in [0.05, 0.1) is 11.4 Å². The van der Waals surface area contributed by atoms with Gasteiger partial charge in [0.1, 0.15) is 17.5 Å². The summed E-state index contributed by atoms with van der Waals surface area (Å²) in [6.45, 7) is 0. The summed E-state index contributed by atoms with van der Waals surface area (Å²) in [5.74, 6) is 0.280. The van der Waals surface area contributed by atoms with Gasteiger partial charge in [-0.25, -0.2) is 9.37 Å². The monoisotopic (exact) mass is 296 g/mol. The van der Waals surface area contributed by atoms with Crippen molar-refractivity contribution in [3.05, 3.63) is 40.6 Å². The Labute approximate surface area is 106 Å². The summed E-state index contributed by atoms with van der Waals surface area (Å²) in [5.41, 5.74) is 11.8. The Morgan fingerprint density at radius 3 is 2.59 bits per heavy atom. The molecular weight excluding hydrogens is 287 g/mol. The lowest BCUT2D eigenvalue weighted by Crippen LogP contribution is -2.01. The van der Waals surface area contributed by atoms with Crippen molar-refractivity contribution in [1.82, 2.24) is 4.98 Å². The van der Waals surface area contributed by atoms with Gasteiger partial charge in [-0.2, -0.15) is 0 Å². The number of hydrogen-bond donors (Lipinski definition) is 3. The molecule has 0 bridgehead atoms. The van der Waals surface area contributed by atoms with Crippen LogP contribution >= 0.6 is 15.9 Å². The molecule has 1 heterocycles. The highest BCUT2D eigenvalue weighted by atomic mass is 79.9. The van der Waals surface area contributed by atoms with Gasteiger partial charge in [0.25, 0.3) is 0 Å². The van der Waals surface area contributed by atoms with Crippen LogP contribution < -0.4 is 16.8 Å². The molecule has 5 N–H and O–H groups in total. The van der Waals surface area contributed by atoms with E-state index < -0.39 is 0 Å². The molecule has 1 aromatic carbocycles. The van der Waals surface area contributed by atoms with Crippen LogP contribution in [0.2, 0.25) is 0 Å². The van der Waals surface area contributed by atoms with E-state index in [4.69, 9.17) is 11.5 Å². The van der Waals surface area contributed by atoms with Gasteiger partial charge in [-0.05, 0) is 30.3 Å². The van der Waals surface area contributed by atoms with Crippen LogP contribution in [0.25, 0.3) is 0 Å². The molecule has 0 aliphatic carbocycles. The van der Waals surface area contributed by atoms with Crippen molar-refractivity contribution in [2.24, 2.45) is 0 Å². The Bertz CT molecular complexity index is 559. The fourth-order valence-electron chi connectivity index (χ4n) is 1.28. The number of benzene rings is 1. The van der Waals surface area contributed by atoms with Crippen molar-refractivity contribution in [3.63, 3.8) is 0 Å². The van der Waals surface area contributed by atoms with Gasteiger partial charge in [-0.3, -0.25) is 0 Å². The maximum Gasteiger partial charge on any atom is 0.149 e. The highest BCUT2D eigenvalue weighted by Crippen LogP contribution is 2.23. The van der Waals surface area contributed by atoms with Gasteiger partial charge in [0, 0.05) is 4.47 Å². The van der Waals surface area contributed by atoms with E-state index in [1.807, 2.05) is 0 Å². The average Bonchev–Trinajstić information content (AvgIpc) is 2.27. The van der Waals surface area contributed by atoms with Gasteiger partial charge in [0.15, 0.2) is 0 Å². The van der Waals surface area contributed by atoms with Crippen LogP contribution in [0.1, 0.15) is 0 Å². The number of nitrogens with zero attached hydrogens (tertiary/aromatic N) is 1. The number of anilines is 4. The fourth-order valence-corrected chi connectivity index (χ4v) is 1.62. The Morgan fingerprint density at radius 1 is 1.18 bits per heavy atom. The van der Waals surface area contributed by atoms with E-state index in [1.165, 1.54) is 6.07 Å². The predicted octanol–water partition coefficient (Wildman–Crippen LogP) is 2.89. The minimum Gasteiger partial charge on any atom is -0.396 e. The summed E-state index contributed by atoms with van der Waals surface area (Å²) in [5, 5.41) is 2.82. The molecule has 0 amide bonds. The van der Waals surface area contributed by atoms with Crippen LogP contribution in [0, 0.1) is 5.82 Å². The maximum atomic E-state index is 13.5. The van der Waals surface area contributed by atoms with E-state index in [-0.39, 0.29) is 11.6 Å². The summed E-state index contributed by atoms with van der Waals surface area (Å²) in [6.07, 6.45) is 0. The number of aromatic nitrogens is 1. The molecule has 0 aliphatic heterocycles. The second-order valence-electron chi connectivity index (χ2n) is 3.42. The number of hydrogen-bond acceptors (Lipinski definition) is 4. The number of nitrogens with two attached hydrogens (primary N) is 2. The van der Waals surface area contributed by atoms with Crippen LogP contribution in [-0.4, -0.2) is 4.98 Å². The molecule has 0 fully saturated rings. The smallest absolute Gasteiger partial charge is 0.149 e. The zero-order valence-electron chi connectivity index (χ0n) is 8.74. The molecule has 6 heteroatoms. The fraction of sp³-hybridized carbons (Fsp3) is 0.